The van der Waals surface area contributed by atoms with Crippen LogP contribution in [-0.4, -0.2) is 30.7 Å². The minimum absolute atomic E-state index is 0.100. The standard InChI is InChI=1S/C12H15ClN2O4S/c1-4-14(8-9(2)3)20(18,19)10-5-6-11(13)12(7-10)15(16)17/h5-7H,2,4,8H2,1,3H3. The molecule has 1 aromatic carbocycles. The van der Waals surface area contributed by atoms with Gasteiger partial charge in [0.25, 0.3) is 5.69 Å². The fourth-order valence-corrected chi connectivity index (χ4v) is 3.33. The maximum atomic E-state index is 12.4. The van der Waals surface area contributed by atoms with Crippen LogP contribution in [-0.2, 0) is 10.0 Å². The summed E-state index contributed by atoms with van der Waals surface area (Å²) in [7, 11) is -3.81. The van der Waals surface area contributed by atoms with Crippen molar-refractivity contribution in [2.75, 3.05) is 13.1 Å². The topological polar surface area (TPSA) is 80.5 Å². The summed E-state index contributed by atoms with van der Waals surface area (Å²) in [5, 5.41) is 10.7. The van der Waals surface area contributed by atoms with Crippen LogP contribution in [0.5, 0.6) is 0 Å². The normalized spacial score (nSPS) is 11.6. The van der Waals surface area contributed by atoms with Crippen LogP contribution in [0, 0.1) is 10.1 Å². The van der Waals surface area contributed by atoms with Crippen molar-refractivity contribution in [2.45, 2.75) is 18.7 Å². The second-order valence-electron chi connectivity index (χ2n) is 4.26. The molecule has 0 bridgehead atoms. The van der Waals surface area contributed by atoms with Crippen molar-refractivity contribution < 1.29 is 13.3 Å². The van der Waals surface area contributed by atoms with E-state index < -0.39 is 20.6 Å². The summed E-state index contributed by atoms with van der Waals surface area (Å²) in [5.41, 5.74) is 0.248. The maximum absolute atomic E-state index is 12.4. The number of benzene rings is 1. The van der Waals surface area contributed by atoms with E-state index in [1.54, 1.807) is 13.8 Å². The Morgan fingerprint density at radius 3 is 2.55 bits per heavy atom. The van der Waals surface area contributed by atoms with Crippen molar-refractivity contribution in [1.29, 1.82) is 0 Å². The fourth-order valence-electron chi connectivity index (χ4n) is 1.61. The van der Waals surface area contributed by atoms with Crippen molar-refractivity contribution >= 4 is 27.3 Å². The number of rotatable bonds is 6. The van der Waals surface area contributed by atoms with Gasteiger partial charge in [-0.05, 0) is 19.1 Å². The average molecular weight is 319 g/mol. The number of hydrogen-bond acceptors (Lipinski definition) is 4. The Morgan fingerprint density at radius 2 is 2.10 bits per heavy atom. The number of likely N-dealkylation sites (N-methyl/N-ethyl adjacent to an activating group) is 1. The number of nitro groups is 1. The average Bonchev–Trinajstić information content (AvgIpc) is 2.35. The van der Waals surface area contributed by atoms with Gasteiger partial charge in [-0.15, -0.1) is 0 Å². The Bertz CT molecular complexity index is 643. The summed E-state index contributed by atoms with van der Waals surface area (Å²) in [6, 6.07) is 3.44. The highest BCUT2D eigenvalue weighted by Crippen LogP contribution is 2.28. The third kappa shape index (κ3) is 3.56. The SMILES string of the molecule is C=C(C)CN(CC)S(=O)(=O)c1ccc(Cl)c([N+](=O)[O-])c1. The molecule has 1 aromatic rings. The molecule has 0 radical (unpaired) electrons. The van der Waals surface area contributed by atoms with Gasteiger partial charge in [-0.3, -0.25) is 10.1 Å². The van der Waals surface area contributed by atoms with Gasteiger partial charge >= 0.3 is 0 Å². The zero-order valence-electron chi connectivity index (χ0n) is 11.2. The number of halogens is 1. The summed E-state index contributed by atoms with van der Waals surface area (Å²) in [4.78, 5) is 9.95. The number of nitrogens with zero attached hydrogens (tertiary/aromatic N) is 2. The highest BCUT2D eigenvalue weighted by atomic mass is 35.5. The highest BCUT2D eigenvalue weighted by molar-refractivity contribution is 7.89. The monoisotopic (exact) mass is 318 g/mol. The molecule has 0 aliphatic rings. The van der Waals surface area contributed by atoms with Gasteiger partial charge in [0.05, 0.1) is 9.82 Å². The molecule has 8 heteroatoms. The Hall–Kier alpha value is -1.44. The summed E-state index contributed by atoms with van der Waals surface area (Å²) >= 11 is 5.67. The quantitative estimate of drug-likeness (QED) is 0.459. The van der Waals surface area contributed by atoms with Crippen LogP contribution in [0.3, 0.4) is 0 Å². The minimum atomic E-state index is -3.81. The third-order valence-electron chi connectivity index (χ3n) is 2.55. The Morgan fingerprint density at radius 1 is 1.50 bits per heavy atom. The lowest BCUT2D eigenvalue weighted by molar-refractivity contribution is -0.384. The van der Waals surface area contributed by atoms with E-state index in [-0.39, 0.29) is 23.0 Å². The summed E-state index contributed by atoms with van der Waals surface area (Å²) < 4.78 is 26.0. The highest BCUT2D eigenvalue weighted by Gasteiger charge is 2.26. The van der Waals surface area contributed by atoms with Crippen LogP contribution in [0.25, 0.3) is 0 Å². The summed E-state index contributed by atoms with van der Waals surface area (Å²) in [6.45, 7) is 7.47. The van der Waals surface area contributed by atoms with E-state index in [1.165, 1.54) is 16.4 Å². The van der Waals surface area contributed by atoms with Crippen LogP contribution in [0.2, 0.25) is 5.02 Å². The fraction of sp³-hybridized carbons (Fsp3) is 0.333. The molecular weight excluding hydrogens is 304 g/mol. The molecule has 0 aromatic heterocycles. The molecule has 110 valence electrons. The molecule has 0 aliphatic carbocycles. The van der Waals surface area contributed by atoms with E-state index in [4.69, 9.17) is 11.6 Å². The van der Waals surface area contributed by atoms with Gasteiger partial charge < -0.3 is 0 Å². The van der Waals surface area contributed by atoms with Crippen molar-refractivity contribution in [2.24, 2.45) is 0 Å². The van der Waals surface area contributed by atoms with E-state index >= 15 is 0 Å². The van der Waals surface area contributed by atoms with E-state index in [0.29, 0.717) is 5.57 Å². The van der Waals surface area contributed by atoms with Gasteiger partial charge in [0.2, 0.25) is 10.0 Å². The molecule has 0 fully saturated rings. The van der Waals surface area contributed by atoms with Gasteiger partial charge in [-0.1, -0.05) is 30.7 Å². The molecule has 0 spiro atoms. The molecule has 0 saturated carbocycles. The Balaban J connectivity index is 3.31. The van der Waals surface area contributed by atoms with Crippen LogP contribution >= 0.6 is 11.6 Å². The zero-order chi connectivity index (χ0) is 15.5. The van der Waals surface area contributed by atoms with Crippen molar-refractivity contribution in [3.05, 3.63) is 45.5 Å². The number of hydrogen-bond donors (Lipinski definition) is 0. The molecule has 0 atom stereocenters. The first-order valence-corrected chi connectivity index (χ1v) is 7.60. The number of nitro benzene ring substituents is 1. The minimum Gasteiger partial charge on any atom is -0.258 e. The summed E-state index contributed by atoms with van der Waals surface area (Å²) in [5.74, 6) is 0. The van der Waals surface area contributed by atoms with Crippen LogP contribution < -0.4 is 0 Å². The number of sulfonamides is 1. The lowest BCUT2D eigenvalue weighted by Crippen LogP contribution is -2.32. The van der Waals surface area contributed by atoms with Crippen molar-refractivity contribution in [3.8, 4) is 0 Å². The molecule has 0 heterocycles. The predicted molar refractivity (Wildman–Crippen MR) is 77.4 cm³/mol. The molecule has 0 N–H and O–H groups in total. The lowest BCUT2D eigenvalue weighted by atomic mass is 10.3. The second-order valence-corrected chi connectivity index (χ2v) is 6.60. The van der Waals surface area contributed by atoms with E-state index in [9.17, 15) is 18.5 Å². The van der Waals surface area contributed by atoms with Gasteiger partial charge in [0.15, 0.2) is 0 Å². The van der Waals surface area contributed by atoms with Crippen LogP contribution in [0.1, 0.15) is 13.8 Å². The largest absolute Gasteiger partial charge is 0.289 e. The van der Waals surface area contributed by atoms with E-state index in [2.05, 4.69) is 6.58 Å². The maximum Gasteiger partial charge on any atom is 0.289 e. The van der Waals surface area contributed by atoms with Crippen molar-refractivity contribution in [3.63, 3.8) is 0 Å². The zero-order valence-corrected chi connectivity index (χ0v) is 12.7. The first-order chi connectivity index (χ1) is 9.20. The molecule has 1 rings (SSSR count). The first-order valence-electron chi connectivity index (χ1n) is 5.78. The lowest BCUT2D eigenvalue weighted by Gasteiger charge is -2.20. The molecule has 0 amide bonds. The Kier molecular flexibility index (Phi) is 5.27. The second kappa shape index (κ2) is 6.34. The molecule has 20 heavy (non-hydrogen) atoms. The van der Waals surface area contributed by atoms with Gasteiger partial charge in [0, 0.05) is 19.2 Å². The van der Waals surface area contributed by atoms with Crippen LogP contribution in [0.15, 0.2) is 35.2 Å². The van der Waals surface area contributed by atoms with E-state index in [0.717, 1.165) is 6.07 Å². The summed E-state index contributed by atoms with van der Waals surface area (Å²) in [6.07, 6.45) is 0. The molecular formula is C12H15ClN2O4S. The van der Waals surface area contributed by atoms with Gasteiger partial charge in [0.1, 0.15) is 5.02 Å². The van der Waals surface area contributed by atoms with Gasteiger partial charge in [-0.25, -0.2) is 8.42 Å². The first kappa shape index (κ1) is 16.6. The molecule has 0 aliphatic heterocycles. The smallest absolute Gasteiger partial charge is 0.258 e. The third-order valence-corrected chi connectivity index (χ3v) is 4.79. The van der Waals surface area contributed by atoms with Crippen molar-refractivity contribution in [1.82, 2.24) is 4.31 Å². The predicted octanol–water partition coefficient (Wildman–Crippen LogP) is 2.83. The molecule has 6 nitrogen and oxygen atoms in total. The molecule has 0 saturated heterocycles. The molecule has 0 unspecified atom stereocenters. The van der Waals surface area contributed by atoms with Crippen LogP contribution in [0.4, 0.5) is 5.69 Å². The van der Waals surface area contributed by atoms with E-state index in [1.807, 2.05) is 0 Å². The Labute approximate surface area is 122 Å². The van der Waals surface area contributed by atoms with Gasteiger partial charge in [-0.2, -0.15) is 4.31 Å².